The smallest absolute Gasteiger partial charge is 0.161 e. The summed E-state index contributed by atoms with van der Waals surface area (Å²) in [5, 5.41) is 0. The van der Waals surface area contributed by atoms with E-state index < -0.39 is 0 Å². The zero-order valence-electron chi connectivity index (χ0n) is 10.6. The minimum atomic E-state index is 0.170. The second kappa shape index (κ2) is 4.78. The molecule has 0 N–H and O–H groups in total. The molecule has 1 aromatic carbocycles. The van der Waals surface area contributed by atoms with Gasteiger partial charge in [-0.25, -0.2) is 0 Å². The van der Waals surface area contributed by atoms with Crippen LogP contribution in [0.1, 0.15) is 37.8 Å². The van der Waals surface area contributed by atoms with Crippen LogP contribution in [0.4, 0.5) is 0 Å². The summed E-state index contributed by atoms with van der Waals surface area (Å²) in [5.41, 5.74) is 2.22. The molecule has 0 bridgehead atoms. The van der Waals surface area contributed by atoms with Crippen LogP contribution in [0.2, 0.25) is 0 Å². The molecule has 0 amide bonds. The highest BCUT2D eigenvalue weighted by Crippen LogP contribution is 2.36. The summed E-state index contributed by atoms with van der Waals surface area (Å²) in [4.78, 5) is 11.3. The predicted molar refractivity (Wildman–Crippen MR) is 65.9 cm³/mol. The molecule has 3 nitrogen and oxygen atoms in total. The predicted octanol–water partition coefficient (Wildman–Crippen LogP) is 2.71. The average molecular weight is 234 g/mol. The number of Topliss-reactive ketones (excluding diaryl/α,β-unsaturated/α-hetero) is 1. The van der Waals surface area contributed by atoms with E-state index >= 15 is 0 Å². The minimum Gasteiger partial charge on any atom is -0.486 e. The highest BCUT2D eigenvalue weighted by Gasteiger charge is 2.17. The lowest BCUT2D eigenvalue weighted by Crippen LogP contribution is -2.16. The normalized spacial score (nSPS) is 13.9. The van der Waals surface area contributed by atoms with Gasteiger partial charge in [-0.15, -0.1) is 0 Å². The Labute approximate surface area is 102 Å². The molecule has 0 saturated carbocycles. The maximum atomic E-state index is 11.3. The van der Waals surface area contributed by atoms with E-state index in [2.05, 4.69) is 13.8 Å². The molecule has 17 heavy (non-hydrogen) atoms. The molecule has 1 aliphatic rings. The zero-order chi connectivity index (χ0) is 12.4. The van der Waals surface area contributed by atoms with Crippen molar-refractivity contribution in [3.8, 4) is 11.5 Å². The summed E-state index contributed by atoms with van der Waals surface area (Å²) in [6.45, 7) is 7.02. The number of hydrogen-bond acceptors (Lipinski definition) is 3. The molecule has 0 radical (unpaired) electrons. The molecule has 1 heterocycles. The molecule has 92 valence electrons. The minimum absolute atomic E-state index is 0.170. The fourth-order valence-electron chi connectivity index (χ4n) is 2.11. The van der Waals surface area contributed by atoms with Crippen LogP contribution in [0, 0.1) is 0 Å². The number of carbonyl (C=O) groups is 1. The topological polar surface area (TPSA) is 35.5 Å². The van der Waals surface area contributed by atoms with E-state index in [1.165, 1.54) is 5.56 Å². The van der Waals surface area contributed by atoms with Crippen LogP contribution in [0.5, 0.6) is 11.5 Å². The molecule has 0 unspecified atom stereocenters. The monoisotopic (exact) mass is 234 g/mol. The number of rotatable bonds is 3. The van der Waals surface area contributed by atoms with Crippen molar-refractivity contribution < 1.29 is 14.3 Å². The van der Waals surface area contributed by atoms with Crippen molar-refractivity contribution in [2.45, 2.75) is 33.1 Å². The number of benzene rings is 1. The maximum absolute atomic E-state index is 11.3. The van der Waals surface area contributed by atoms with Crippen LogP contribution in [-0.4, -0.2) is 19.0 Å². The van der Waals surface area contributed by atoms with E-state index in [1.807, 2.05) is 12.1 Å². The van der Waals surface area contributed by atoms with Crippen molar-refractivity contribution in [1.82, 2.24) is 0 Å². The summed E-state index contributed by atoms with van der Waals surface area (Å²) < 4.78 is 11.1. The number of ketones is 1. The Hall–Kier alpha value is -1.51. The largest absolute Gasteiger partial charge is 0.486 e. The van der Waals surface area contributed by atoms with Crippen molar-refractivity contribution in [3.63, 3.8) is 0 Å². The summed E-state index contributed by atoms with van der Waals surface area (Å²) in [6, 6.07) is 3.96. The first-order valence-electron chi connectivity index (χ1n) is 5.99. The Bertz CT molecular complexity index is 435. The van der Waals surface area contributed by atoms with Gasteiger partial charge in [0.05, 0.1) is 0 Å². The third-order valence-electron chi connectivity index (χ3n) is 2.87. The van der Waals surface area contributed by atoms with Gasteiger partial charge < -0.3 is 9.47 Å². The fraction of sp³-hybridized carbons (Fsp3) is 0.500. The summed E-state index contributed by atoms with van der Waals surface area (Å²) >= 11 is 0. The third-order valence-corrected chi connectivity index (χ3v) is 2.87. The summed E-state index contributed by atoms with van der Waals surface area (Å²) in [6.07, 6.45) is 0.462. The maximum Gasteiger partial charge on any atom is 0.161 e. The van der Waals surface area contributed by atoms with Crippen LogP contribution >= 0.6 is 0 Å². The van der Waals surface area contributed by atoms with E-state index in [9.17, 15) is 4.79 Å². The second-order valence-electron chi connectivity index (χ2n) is 4.73. The van der Waals surface area contributed by atoms with Crippen LogP contribution in [0.25, 0.3) is 0 Å². The van der Waals surface area contributed by atoms with Gasteiger partial charge in [-0.3, -0.25) is 4.79 Å². The number of hydrogen-bond donors (Lipinski definition) is 0. The summed E-state index contributed by atoms with van der Waals surface area (Å²) in [5.74, 6) is 2.10. The molecule has 0 atom stereocenters. The zero-order valence-corrected chi connectivity index (χ0v) is 10.6. The Morgan fingerprint density at radius 3 is 2.35 bits per heavy atom. The van der Waals surface area contributed by atoms with Crippen molar-refractivity contribution >= 4 is 5.78 Å². The first-order chi connectivity index (χ1) is 8.08. The highest BCUT2D eigenvalue weighted by atomic mass is 16.6. The lowest BCUT2D eigenvalue weighted by Gasteiger charge is -2.22. The molecular weight excluding hydrogens is 216 g/mol. The fourth-order valence-corrected chi connectivity index (χ4v) is 2.11. The Morgan fingerprint density at radius 2 is 1.82 bits per heavy atom. The number of ether oxygens (including phenoxy) is 2. The lowest BCUT2D eigenvalue weighted by atomic mass is 9.93. The van der Waals surface area contributed by atoms with E-state index in [0.29, 0.717) is 25.6 Å². The van der Waals surface area contributed by atoms with Gasteiger partial charge in [0.2, 0.25) is 0 Å². The van der Waals surface area contributed by atoms with Crippen molar-refractivity contribution in [3.05, 3.63) is 23.3 Å². The van der Waals surface area contributed by atoms with Gasteiger partial charge in [-0.2, -0.15) is 0 Å². The van der Waals surface area contributed by atoms with E-state index in [0.717, 1.165) is 17.1 Å². The summed E-state index contributed by atoms with van der Waals surface area (Å²) in [7, 11) is 0. The highest BCUT2D eigenvalue weighted by molar-refractivity contribution is 5.79. The SMILES string of the molecule is CC(=O)Cc1cc2c(cc1C(C)C)OCCO2. The average Bonchev–Trinajstić information content (AvgIpc) is 2.27. The van der Waals surface area contributed by atoms with Crippen LogP contribution < -0.4 is 9.47 Å². The second-order valence-corrected chi connectivity index (χ2v) is 4.73. The van der Waals surface area contributed by atoms with Gasteiger partial charge in [0.1, 0.15) is 19.0 Å². The molecule has 0 spiro atoms. The van der Waals surface area contributed by atoms with Crippen LogP contribution in [-0.2, 0) is 11.2 Å². The lowest BCUT2D eigenvalue weighted by molar-refractivity contribution is -0.116. The standard InChI is InChI=1S/C14H18O3/c1-9(2)12-8-14-13(16-4-5-17-14)7-11(12)6-10(3)15/h7-9H,4-6H2,1-3H3. The van der Waals surface area contributed by atoms with Crippen molar-refractivity contribution in [2.75, 3.05) is 13.2 Å². The van der Waals surface area contributed by atoms with Gasteiger partial charge >= 0.3 is 0 Å². The molecule has 0 saturated heterocycles. The molecule has 0 fully saturated rings. The number of fused-ring (bicyclic) bond motifs is 1. The van der Waals surface area contributed by atoms with E-state index in [-0.39, 0.29) is 5.78 Å². The van der Waals surface area contributed by atoms with Crippen LogP contribution in [0.3, 0.4) is 0 Å². The Morgan fingerprint density at radius 1 is 1.24 bits per heavy atom. The van der Waals surface area contributed by atoms with Gasteiger partial charge in [-0.1, -0.05) is 13.8 Å². The molecule has 1 aromatic rings. The van der Waals surface area contributed by atoms with Gasteiger partial charge in [-0.05, 0) is 36.1 Å². The quantitative estimate of drug-likeness (QED) is 0.806. The molecule has 3 heteroatoms. The van der Waals surface area contributed by atoms with Gasteiger partial charge in [0.25, 0.3) is 0 Å². The molecule has 1 aliphatic heterocycles. The molecule has 0 aromatic heterocycles. The number of carbonyl (C=O) groups excluding carboxylic acids is 1. The first kappa shape index (κ1) is 12.0. The molecule has 2 rings (SSSR count). The van der Waals surface area contributed by atoms with Gasteiger partial charge in [0.15, 0.2) is 11.5 Å². The molecular formula is C14H18O3. The van der Waals surface area contributed by atoms with Crippen molar-refractivity contribution in [2.24, 2.45) is 0 Å². The third kappa shape index (κ3) is 2.60. The Kier molecular flexibility index (Phi) is 3.36. The van der Waals surface area contributed by atoms with Crippen molar-refractivity contribution in [1.29, 1.82) is 0 Å². The van der Waals surface area contributed by atoms with E-state index in [1.54, 1.807) is 6.92 Å². The van der Waals surface area contributed by atoms with Gasteiger partial charge in [0, 0.05) is 6.42 Å². The first-order valence-corrected chi connectivity index (χ1v) is 5.99. The molecule has 0 aliphatic carbocycles. The Balaban J connectivity index is 2.44. The van der Waals surface area contributed by atoms with Crippen LogP contribution in [0.15, 0.2) is 12.1 Å². The van der Waals surface area contributed by atoms with E-state index in [4.69, 9.17) is 9.47 Å².